The zero-order valence-corrected chi connectivity index (χ0v) is 11.9. The highest BCUT2D eigenvalue weighted by atomic mass is 16.3. The van der Waals surface area contributed by atoms with Crippen molar-refractivity contribution in [3.63, 3.8) is 0 Å². The molecule has 0 spiro atoms. The van der Waals surface area contributed by atoms with Gasteiger partial charge in [-0.3, -0.25) is 9.59 Å². The molecule has 1 fully saturated rings. The van der Waals surface area contributed by atoms with Gasteiger partial charge in [0.25, 0.3) is 0 Å². The molecule has 1 aliphatic heterocycles. The van der Waals surface area contributed by atoms with Crippen LogP contribution in [0.1, 0.15) is 45.4 Å². The highest BCUT2D eigenvalue weighted by molar-refractivity contribution is 5.83. The maximum atomic E-state index is 12.3. The number of rotatable bonds is 8. The molecule has 1 rings (SSSR count). The Bertz CT molecular complexity index is 284. The Balaban J connectivity index is 2.40. The molecular formula is C14H26N2O3. The van der Waals surface area contributed by atoms with Gasteiger partial charge in [-0.25, -0.2) is 0 Å². The number of amides is 2. The van der Waals surface area contributed by atoms with Crippen LogP contribution < -0.4 is 5.32 Å². The van der Waals surface area contributed by atoms with Gasteiger partial charge < -0.3 is 15.3 Å². The molecule has 1 atom stereocenters. The van der Waals surface area contributed by atoms with Gasteiger partial charge >= 0.3 is 0 Å². The van der Waals surface area contributed by atoms with E-state index in [2.05, 4.69) is 12.2 Å². The second-order valence-corrected chi connectivity index (χ2v) is 5.15. The van der Waals surface area contributed by atoms with E-state index in [1.165, 1.54) is 12.8 Å². The van der Waals surface area contributed by atoms with Crippen LogP contribution in [0.4, 0.5) is 0 Å². The number of carbonyl (C=O) groups excluding carboxylic acids is 2. The van der Waals surface area contributed by atoms with E-state index in [0.29, 0.717) is 32.5 Å². The van der Waals surface area contributed by atoms with Crippen LogP contribution in [0.15, 0.2) is 0 Å². The SMILES string of the molecule is CCCCCCN(CCO)C(=O)C1CCC(=O)NC1. The van der Waals surface area contributed by atoms with Crippen molar-refractivity contribution >= 4 is 11.8 Å². The molecule has 0 aromatic rings. The number of unbranched alkanes of at least 4 members (excludes halogenated alkanes) is 3. The molecule has 0 aliphatic carbocycles. The van der Waals surface area contributed by atoms with Crippen LogP contribution in [-0.4, -0.2) is 48.1 Å². The summed E-state index contributed by atoms with van der Waals surface area (Å²) in [5.74, 6) is -0.0123. The standard InChI is InChI=1S/C14H26N2O3/c1-2-3-4-5-8-16(9-10-17)14(19)12-6-7-13(18)15-11-12/h12,17H,2-11H2,1H3,(H,15,18). The number of piperidine rings is 1. The minimum absolute atomic E-state index is 0.00139. The molecule has 110 valence electrons. The zero-order chi connectivity index (χ0) is 14.1. The number of aliphatic hydroxyl groups is 1. The molecule has 1 heterocycles. The van der Waals surface area contributed by atoms with E-state index in [1.54, 1.807) is 4.90 Å². The van der Waals surface area contributed by atoms with E-state index in [0.717, 1.165) is 12.8 Å². The van der Waals surface area contributed by atoms with Crippen molar-refractivity contribution in [1.82, 2.24) is 10.2 Å². The Labute approximate surface area is 115 Å². The first-order valence-electron chi connectivity index (χ1n) is 7.35. The average molecular weight is 270 g/mol. The average Bonchev–Trinajstić information content (AvgIpc) is 2.42. The summed E-state index contributed by atoms with van der Waals surface area (Å²) in [4.78, 5) is 25.2. The van der Waals surface area contributed by atoms with Gasteiger partial charge in [0.05, 0.1) is 12.5 Å². The van der Waals surface area contributed by atoms with Gasteiger partial charge in [-0.05, 0) is 12.8 Å². The molecule has 0 saturated carbocycles. The summed E-state index contributed by atoms with van der Waals surface area (Å²) < 4.78 is 0. The van der Waals surface area contributed by atoms with Crippen molar-refractivity contribution in [2.75, 3.05) is 26.2 Å². The molecule has 5 nitrogen and oxygen atoms in total. The van der Waals surface area contributed by atoms with Gasteiger partial charge in [-0.15, -0.1) is 0 Å². The first kappa shape index (κ1) is 16.0. The predicted molar refractivity (Wildman–Crippen MR) is 73.5 cm³/mol. The number of nitrogens with one attached hydrogen (secondary N) is 1. The van der Waals surface area contributed by atoms with Crippen LogP contribution in [0.5, 0.6) is 0 Å². The van der Waals surface area contributed by atoms with Crippen molar-refractivity contribution in [3.05, 3.63) is 0 Å². The number of hydrogen-bond donors (Lipinski definition) is 2. The van der Waals surface area contributed by atoms with E-state index >= 15 is 0 Å². The van der Waals surface area contributed by atoms with E-state index in [9.17, 15) is 9.59 Å². The Morgan fingerprint density at radius 1 is 1.37 bits per heavy atom. The Kier molecular flexibility index (Phi) is 7.48. The summed E-state index contributed by atoms with van der Waals surface area (Å²) in [6, 6.07) is 0. The van der Waals surface area contributed by atoms with Crippen molar-refractivity contribution in [3.8, 4) is 0 Å². The van der Waals surface area contributed by atoms with Gasteiger partial charge in [0.1, 0.15) is 0 Å². The Morgan fingerprint density at radius 2 is 2.16 bits per heavy atom. The minimum atomic E-state index is -0.115. The third-order valence-electron chi connectivity index (χ3n) is 3.58. The van der Waals surface area contributed by atoms with Crippen molar-refractivity contribution in [1.29, 1.82) is 0 Å². The Hall–Kier alpha value is -1.10. The number of nitrogens with zero attached hydrogens (tertiary/aromatic N) is 1. The number of aliphatic hydroxyl groups excluding tert-OH is 1. The first-order valence-corrected chi connectivity index (χ1v) is 7.35. The van der Waals surface area contributed by atoms with Crippen LogP contribution in [-0.2, 0) is 9.59 Å². The van der Waals surface area contributed by atoms with Crippen LogP contribution in [0.25, 0.3) is 0 Å². The number of carbonyl (C=O) groups is 2. The molecule has 1 unspecified atom stereocenters. The number of hydrogen-bond acceptors (Lipinski definition) is 3. The molecule has 5 heteroatoms. The molecule has 0 aromatic heterocycles. The zero-order valence-electron chi connectivity index (χ0n) is 11.9. The molecule has 1 saturated heterocycles. The molecule has 1 aliphatic rings. The van der Waals surface area contributed by atoms with Crippen LogP contribution >= 0.6 is 0 Å². The normalized spacial score (nSPS) is 19.1. The van der Waals surface area contributed by atoms with Gasteiger partial charge in [-0.1, -0.05) is 26.2 Å². The van der Waals surface area contributed by atoms with Crippen LogP contribution in [0.2, 0.25) is 0 Å². The van der Waals surface area contributed by atoms with Crippen molar-refractivity contribution in [2.45, 2.75) is 45.4 Å². The van der Waals surface area contributed by atoms with E-state index < -0.39 is 0 Å². The van der Waals surface area contributed by atoms with Gasteiger partial charge in [0, 0.05) is 26.1 Å². The van der Waals surface area contributed by atoms with E-state index in [4.69, 9.17) is 5.11 Å². The molecule has 2 N–H and O–H groups in total. The lowest BCUT2D eigenvalue weighted by Gasteiger charge is -2.29. The summed E-state index contributed by atoms with van der Waals surface area (Å²) in [6.07, 6.45) is 5.51. The van der Waals surface area contributed by atoms with Gasteiger partial charge in [0.2, 0.25) is 11.8 Å². The fourth-order valence-electron chi connectivity index (χ4n) is 2.38. The monoisotopic (exact) mass is 270 g/mol. The van der Waals surface area contributed by atoms with Gasteiger partial charge in [-0.2, -0.15) is 0 Å². The van der Waals surface area contributed by atoms with E-state index in [-0.39, 0.29) is 24.3 Å². The summed E-state index contributed by atoms with van der Waals surface area (Å²) in [7, 11) is 0. The third kappa shape index (κ3) is 5.59. The fourth-order valence-corrected chi connectivity index (χ4v) is 2.38. The predicted octanol–water partition coefficient (Wildman–Crippen LogP) is 0.914. The quantitative estimate of drug-likeness (QED) is 0.644. The van der Waals surface area contributed by atoms with Crippen LogP contribution in [0.3, 0.4) is 0 Å². The Morgan fingerprint density at radius 3 is 2.74 bits per heavy atom. The highest BCUT2D eigenvalue weighted by Crippen LogP contribution is 2.15. The van der Waals surface area contributed by atoms with Crippen molar-refractivity contribution < 1.29 is 14.7 Å². The lowest BCUT2D eigenvalue weighted by atomic mass is 9.97. The summed E-state index contributed by atoms with van der Waals surface area (Å²) >= 11 is 0. The second-order valence-electron chi connectivity index (χ2n) is 5.15. The van der Waals surface area contributed by atoms with E-state index in [1.807, 2.05) is 0 Å². The minimum Gasteiger partial charge on any atom is -0.395 e. The van der Waals surface area contributed by atoms with Gasteiger partial charge in [0.15, 0.2) is 0 Å². The lowest BCUT2D eigenvalue weighted by molar-refractivity contribution is -0.138. The molecule has 19 heavy (non-hydrogen) atoms. The fraction of sp³-hybridized carbons (Fsp3) is 0.857. The molecule has 0 bridgehead atoms. The topological polar surface area (TPSA) is 69.6 Å². The summed E-state index contributed by atoms with van der Waals surface area (Å²) in [5, 5.41) is 11.8. The van der Waals surface area contributed by atoms with Crippen molar-refractivity contribution in [2.24, 2.45) is 5.92 Å². The maximum Gasteiger partial charge on any atom is 0.227 e. The largest absolute Gasteiger partial charge is 0.395 e. The lowest BCUT2D eigenvalue weighted by Crippen LogP contribution is -2.46. The smallest absolute Gasteiger partial charge is 0.227 e. The summed E-state index contributed by atoms with van der Waals surface area (Å²) in [5.41, 5.74) is 0. The molecule has 0 aromatic carbocycles. The second kappa shape index (κ2) is 8.91. The van der Waals surface area contributed by atoms with Crippen LogP contribution in [0, 0.1) is 5.92 Å². The maximum absolute atomic E-state index is 12.3. The third-order valence-corrected chi connectivity index (χ3v) is 3.58. The molecular weight excluding hydrogens is 244 g/mol. The molecule has 2 amide bonds. The molecule has 0 radical (unpaired) electrons. The first-order chi connectivity index (χ1) is 9.19. The summed E-state index contributed by atoms with van der Waals surface area (Å²) in [6.45, 7) is 3.70. The highest BCUT2D eigenvalue weighted by Gasteiger charge is 2.27.